The van der Waals surface area contributed by atoms with E-state index in [0.29, 0.717) is 0 Å². The molecule has 82 valence electrons. The maximum atomic E-state index is 11.6. The number of aromatic nitrogens is 1. The molecule has 15 heavy (non-hydrogen) atoms. The van der Waals surface area contributed by atoms with Crippen LogP contribution in [0.25, 0.3) is 0 Å². The molecule has 5 heteroatoms. The fourth-order valence-electron chi connectivity index (χ4n) is 1.26. The minimum atomic E-state index is -0.358. The predicted molar refractivity (Wildman–Crippen MR) is 58.5 cm³/mol. The molecule has 1 atom stereocenters. The van der Waals surface area contributed by atoms with E-state index in [2.05, 4.69) is 0 Å². The van der Waals surface area contributed by atoms with Crippen LogP contribution < -0.4 is 11.2 Å². The van der Waals surface area contributed by atoms with E-state index in [1.165, 1.54) is 17.2 Å². The lowest BCUT2D eigenvalue weighted by molar-refractivity contribution is -0.131. The van der Waals surface area contributed by atoms with Crippen LogP contribution in [-0.4, -0.2) is 29.5 Å². The number of carbonyl (C=O) groups is 1. The van der Waals surface area contributed by atoms with Gasteiger partial charge in [0, 0.05) is 32.6 Å². The van der Waals surface area contributed by atoms with Crippen molar-refractivity contribution >= 4 is 11.6 Å². The largest absolute Gasteiger partial charge is 0.394 e. The number of nitrogens with zero attached hydrogens (tertiary/aromatic N) is 2. The van der Waals surface area contributed by atoms with Crippen LogP contribution in [0.3, 0.4) is 0 Å². The van der Waals surface area contributed by atoms with Crippen molar-refractivity contribution in [3.63, 3.8) is 0 Å². The quantitative estimate of drug-likeness (QED) is 0.750. The number of anilines is 1. The van der Waals surface area contributed by atoms with E-state index in [-0.39, 0.29) is 23.1 Å². The summed E-state index contributed by atoms with van der Waals surface area (Å²) in [4.78, 5) is 24.2. The van der Waals surface area contributed by atoms with E-state index in [0.717, 1.165) is 0 Å². The normalized spacial score (nSPS) is 12.2. The van der Waals surface area contributed by atoms with Crippen LogP contribution in [0.15, 0.2) is 23.3 Å². The monoisotopic (exact) mass is 209 g/mol. The first kappa shape index (κ1) is 11.3. The zero-order chi connectivity index (χ0) is 11.6. The van der Waals surface area contributed by atoms with Crippen LogP contribution in [0, 0.1) is 0 Å². The molecule has 5 nitrogen and oxygen atoms in total. The van der Waals surface area contributed by atoms with Crippen LogP contribution in [-0.2, 0) is 4.79 Å². The highest BCUT2D eigenvalue weighted by atomic mass is 16.2. The Labute approximate surface area is 88.1 Å². The number of rotatable bonds is 2. The maximum absolute atomic E-state index is 11.6. The Morgan fingerprint density at radius 2 is 2.13 bits per heavy atom. The molecule has 2 N–H and O–H groups in total. The van der Waals surface area contributed by atoms with Gasteiger partial charge in [-0.25, -0.2) is 0 Å². The third-order valence-electron chi connectivity index (χ3n) is 2.22. The smallest absolute Gasteiger partial charge is 0.244 e. The number of hydrogen-bond donors (Lipinski definition) is 1. The summed E-state index contributed by atoms with van der Waals surface area (Å²) in [5, 5.41) is 0. The second-order valence-electron chi connectivity index (χ2n) is 3.62. The van der Waals surface area contributed by atoms with E-state index < -0.39 is 0 Å². The van der Waals surface area contributed by atoms with Crippen molar-refractivity contribution in [1.82, 2.24) is 9.47 Å². The van der Waals surface area contributed by atoms with E-state index in [4.69, 9.17) is 5.73 Å². The first-order valence-corrected chi connectivity index (χ1v) is 4.62. The fraction of sp³-hybridized carbons (Fsp3) is 0.400. The van der Waals surface area contributed by atoms with Crippen molar-refractivity contribution in [2.75, 3.05) is 19.8 Å². The minimum absolute atomic E-state index is 0.0435. The number of amides is 1. The summed E-state index contributed by atoms with van der Waals surface area (Å²) in [6.45, 7) is 1.76. The third-order valence-corrected chi connectivity index (χ3v) is 2.22. The lowest BCUT2D eigenvalue weighted by Crippen LogP contribution is -2.30. The third kappa shape index (κ3) is 2.37. The standard InChI is InChI=1S/C10H15N3O2/c1-7(10(15)12(2)3)13-5-4-9(14)8(11)6-13/h4-7H,11H2,1-3H3. The van der Waals surface area contributed by atoms with E-state index in [9.17, 15) is 9.59 Å². The van der Waals surface area contributed by atoms with Crippen LogP contribution >= 0.6 is 0 Å². The number of hydrogen-bond acceptors (Lipinski definition) is 3. The van der Waals surface area contributed by atoms with Gasteiger partial charge in [0.2, 0.25) is 11.3 Å². The van der Waals surface area contributed by atoms with Crippen LogP contribution in [0.1, 0.15) is 13.0 Å². The topological polar surface area (TPSA) is 68.3 Å². The predicted octanol–water partition coefficient (Wildman–Crippen LogP) is 0.0797. The second kappa shape index (κ2) is 4.16. The number of nitrogens with two attached hydrogens (primary N) is 1. The average Bonchev–Trinajstić information content (AvgIpc) is 2.19. The SMILES string of the molecule is CC(C(=O)N(C)C)n1ccc(=O)c(N)c1. The zero-order valence-corrected chi connectivity index (χ0v) is 9.10. The molecule has 0 saturated carbocycles. The van der Waals surface area contributed by atoms with Gasteiger partial charge < -0.3 is 15.2 Å². The maximum Gasteiger partial charge on any atom is 0.244 e. The van der Waals surface area contributed by atoms with E-state index in [1.807, 2.05) is 0 Å². The highest BCUT2D eigenvalue weighted by Crippen LogP contribution is 2.08. The Bertz CT molecular complexity index is 423. The van der Waals surface area contributed by atoms with Crippen molar-refractivity contribution < 1.29 is 4.79 Å². The van der Waals surface area contributed by atoms with Crippen molar-refractivity contribution in [2.24, 2.45) is 0 Å². The molecule has 0 aliphatic rings. The van der Waals surface area contributed by atoms with Gasteiger partial charge in [-0.1, -0.05) is 0 Å². The number of nitrogen functional groups attached to an aromatic ring is 1. The van der Waals surface area contributed by atoms with Crippen LogP contribution in [0.4, 0.5) is 5.69 Å². The molecule has 0 radical (unpaired) electrons. The van der Waals surface area contributed by atoms with Crippen LogP contribution in [0.2, 0.25) is 0 Å². The molecule has 0 aliphatic carbocycles. The Balaban J connectivity index is 3.02. The van der Waals surface area contributed by atoms with Gasteiger partial charge in [0.15, 0.2) is 0 Å². The summed E-state index contributed by atoms with van der Waals surface area (Å²) in [5.74, 6) is -0.0435. The summed E-state index contributed by atoms with van der Waals surface area (Å²) >= 11 is 0. The molecule has 1 amide bonds. The van der Waals surface area contributed by atoms with E-state index >= 15 is 0 Å². The van der Waals surface area contributed by atoms with Gasteiger partial charge in [0.05, 0.1) is 5.69 Å². The molecule has 1 unspecified atom stereocenters. The molecule has 0 bridgehead atoms. The molecule has 0 spiro atoms. The molecule has 1 aromatic rings. The zero-order valence-electron chi connectivity index (χ0n) is 9.10. The molecule has 0 fully saturated rings. The van der Waals surface area contributed by atoms with Crippen molar-refractivity contribution in [2.45, 2.75) is 13.0 Å². The Kier molecular flexibility index (Phi) is 3.14. The Morgan fingerprint density at radius 3 is 2.60 bits per heavy atom. The number of carbonyl (C=O) groups excluding carboxylic acids is 1. The highest BCUT2D eigenvalue weighted by molar-refractivity contribution is 5.79. The van der Waals surface area contributed by atoms with Gasteiger partial charge in [-0.2, -0.15) is 0 Å². The van der Waals surface area contributed by atoms with Gasteiger partial charge in [-0.05, 0) is 6.92 Å². The molecule has 0 aromatic carbocycles. The first-order chi connectivity index (χ1) is 6.93. The lowest BCUT2D eigenvalue weighted by atomic mass is 10.2. The van der Waals surface area contributed by atoms with Crippen molar-refractivity contribution in [1.29, 1.82) is 0 Å². The Hall–Kier alpha value is -1.78. The highest BCUT2D eigenvalue weighted by Gasteiger charge is 2.15. The average molecular weight is 209 g/mol. The lowest BCUT2D eigenvalue weighted by Gasteiger charge is -2.19. The summed E-state index contributed by atoms with van der Waals surface area (Å²) in [6.07, 6.45) is 3.04. The molecular weight excluding hydrogens is 194 g/mol. The van der Waals surface area contributed by atoms with Gasteiger partial charge in [0.25, 0.3) is 0 Å². The fourth-order valence-corrected chi connectivity index (χ4v) is 1.26. The van der Waals surface area contributed by atoms with Gasteiger partial charge >= 0.3 is 0 Å². The van der Waals surface area contributed by atoms with Gasteiger partial charge in [-0.3, -0.25) is 9.59 Å². The van der Waals surface area contributed by atoms with Crippen molar-refractivity contribution in [3.05, 3.63) is 28.7 Å². The second-order valence-corrected chi connectivity index (χ2v) is 3.62. The molecule has 1 rings (SSSR count). The molecular formula is C10H15N3O2. The number of pyridine rings is 1. The summed E-state index contributed by atoms with van der Waals surface area (Å²) in [6, 6.07) is 0.997. The molecule has 1 aromatic heterocycles. The van der Waals surface area contributed by atoms with Crippen LogP contribution in [0.5, 0.6) is 0 Å². The van der Waals surface area contributed by atoms with Gasteiger partial charge in [0.1, 0.15) is 6.04 Å². The van der Waals surface area contributed by atoms with E-state index in [1.54, 1.807) is 31.8 Å². The molecule has 1 heterocycles. The first-order valence-electron chi connectivity index (χ1n) is 4.62. The Morgan fingerprint density at radius 1 is 1.53 bits per heavy atom. The summed E-state index contributed by atoms with van der Waals surface area (Å²) < 4.78 is 1.62. The molecule has 0 aliphatic heterocycles. The van der Waals surface area contributed by atoms with Crippen molar-refractivity contribution in [3.8, 4) is 0 Å². The summed E-state index contributed by atoms with van der Waals surface area (Å²) in [7, 11) is 3.37. The number of likely N-dealkylation sites (N-methyl/N-ethyl adjacent to an activating group) is 1. The minimum Gasteiger partial charge on any atom is -0.394 e. The van der Waals surface area contributed by atoms with Gasteiger partial charge in [-0.15, -0.1) is 0 Å². The molecule has 0 saturated heterocycles. The summed E-state index contributed by atoms with van der Waals surface area (Å²) in [5.41, 5.74) is 5.40.